The number of nitrogens with zero attached hydrogens (tertiary/aromatic N) is 3. The van der Waals surface area contributed by atoms with Gasteiger partial charge in [-0.05, 0) is 36.2 Å². The quantitative estimate of drug-likeness (QED) is 0.451. The molecule has 7 nitrogen and oxygen atoms in total. The zero-order valence-corrected chi connectivity index (χ0v) is 18.0. The molecule has 0 aliphatic carbocycles. The molecule has 0 aliphatic heterocycles. The molecule has 2 aromatic heterocycles. The molecule has 0 atom stereocenters. The predicted octanol–water partition coefficient (Wildman–Crippen LogP) is 4.29. The summed E-state index contributed by atoms with van der Waals surface area (Å²) in [6.07, 6.45) is -1.39. The van der Waals surface area contributed by atoms with Crippen molar-refractivity contribution in [3.63, 3.8) is 0 Å². The molecular weight excluding hydrogens is 457 g/mol. The number of alkyl halides is 3. The van der Waals surface area contributed by atoms with Crippen molar-refractivity contribution >= 4 is 33.3 Å². The molecule has 0 bridgehead atoms. The van der Waals surface area contributed by atoms with Gasteiger partial charge in [-0.2, -0.15) is 0 Å². The number of benzene rings is 2. The number of thiazole rings is 1. The number of anilines is 1. The molecule has 2 aromatic carbocycles. The first-order valence-electron chi connectivity index (χ1n) is 9.72. The number of rotatable bonds is 6. The summed E-state index contributed by atoms with van der Waals surface area (Å²) >= 11 is 1.23. The minimum absolute atomic E-state index is 0.217. The molecule has 0 saturated heterocycles. The van der Waals surface area contributed by atoms with Crippen molar-refractivity contribution in [2.75, 3.05) is 5.32 Å². The van der Waals surface area contributed by atoms with Gasteiger partial charge in [0.05, 0.1) is 17.2 Å². The van der Waals surface area contributed by atoms with Gasteiger partial charge in [0.15, 0.2) is 5.13 Å². The lowest BCUT2D eigenvalue weighted by Crippen LogP contribution is -2.28. The molecule has 1 N–H and O–H groups in total. The molecule has 0 saturated carbocycles. The van der Waals surface area contributed by atoms with E-state index in [1.807, 2.05) is 13.0 Å². The highest BCUT2D eigenvalue weighted by atomic mass is 32.1. The topological polar surface area (TPSA) is 86.1 Å². The van der Waals surface area contributed by atoms with Crippen molar-refractivity contribution in [3.8, 4) is 5.75 Å². The SMILES string of the molecule is Cc1cccc2c(=O)n(CC(=O)Nc3ncc(Cc4ccc(OC(F)(F)F)cc4)s3)cnc12. The standard InChI is InChI=1S/C22H17F3N4O3S/c1-13-3-2-4-17-19(13)27-12-29(20(17)31)11-18(30)28-21-26-10-16(33-21)9-14-5-7-15(8-6-14)32-22(23,24)25/h2-8,10,12H,9,11H2,1H3,(H,26,28,30). The van der Waals surface area contributed by atoms with Crippen LogP contribution in [0.5, 0.6) is 5.75 Å². The Morgan fingerprint density at radius 1 is 1.15 bits per heavy atom. The van der Waals surface area contributed by atoms with Crippen LogP contribution in [0, 0.1) is 6.92 Å². The monoisotopic (exact) mass is 474 g/mol. The molecule has 11 heteroatoms. The summed E-state index contributed by atoms with van der Waals surface area (Å²) in [5.41, 5.74) is 1.92. The van der Waals surface area contributed by atoms with Crippen LogP contribution in [0.25, 0.3) is 10.9 Å². The average molecular weight is 474 g/mol. The maximum absolute atomic E-state index is 12.6. The molecule has 170 valence electrons. The first kappa shape index (κ1) is 22.5. The molecule has 0 aliphatic rings. The zero-order chi connectivity index (χ0) is 23.6. The summed E-state index contributed by atoms with van der Waals surface area (Å²) in [5, 5.41) is 3.44. The fourth-order valence-corrected chi connectivity index (χ4v) is 4.08. The third-order valence-electron chi connectivity index (χ3n) is 4.70. The Morgan fingerprint density at radius 2 is 1.91 bits per heavy atom. The summed E-state index contributed by atoms with van der Waals surface area (Å²) in [5.74, 6) is -0.724. The fraction of sp³-hybridized carbons (Fsp3) is 0.182. The fourth-order valence-electron chi connectivity index (χ4n) is 3.22. The number of para-hydroxylation sites is 1. The molecule has 1 amide bonds. The summed E-state index contributed by atoms with van der Waals surface area (Å²) in [6, 6.07) is 10.8. The van der Waals surface area contributed by atoms with Gasteiger partial charge in [0.25, 0.3) is 5.56 Å². The van der Waals surface area contributed by atoms with Crippen molar-refractivity contribution in [2.45, 2.75) is 26.3 Å². The molecule has 4 aromatic rings. The number of hydrogen-bond donors (Lipinski definition) is 1. The van der Waals surface area contributed by atoms with E-state index in [1.54, 1.807) is 18.3 Å². The van der Waals surface area contributed by atoms with Crippen molar-refractivity contribution in [1.29, 1.82) is 0 Å². The Hall–Kier alpha value is -3.73. The van der Waals surface area contributed by atoms with Crippen LogP contribution in [0.4, 0.5) is 18.3 Å². The van der Waals surface area contributed by atoms with Crippen LogP contribution < -0.4 is 15.6 Å². The van der Waals surface area contributed by atoms with Crippen molar-refractivity contribution < 1.29 is 22.7 Å². The van der Waals surface area contributed by atoms with Gasteiger partial charge >= 0.3 is 6.36 Å². The molecule has 33 heavy (non-hydrogen) atoms. The number of aromatic nitrogens is 3. The molecule has 2 heterocycles. The second kappa shape index (κ2) is 9.02. The predicted molar refractivity (Wildman–Crippen MR) is 117 cm³/mol. The van der Waals surface area contributed by atoms with E-state index in [0.29, 0.717) is 22.5 Å². The second-order valence-electron chi connectivity index (χ2n) is 7.20. The molecular formula is C22H17F3N4O3S. The van der Waals surface area contributed by atoms with Crippen LogP contribution in [0.2, 0.25) is 0 Å². The lowest BCUT2D eigenvalue weighted by Gasteiger charge is -2.09. The zero-order valence-electron chi connectivity index (χ0n) is 17.2. The first-order valence-corrected chi connectivity index (χ1v) is 10.5. The first-order chi connectivity index (χ1) is 15.7. The van der Waals surface area contributed by atoms with Crippen LogP contribution in [-0.2, 0) is 17.8 Å². The van der Waals surface area contributed by atoms with Gasteiger partial charge in [-0.25, -0.2) is 9.97 Å². The largest absolute Gasteiger partial charge is 0.573 e. The van der Waals surface area contributed by atoms with Gasteiger partial charge in [0.1, 0.15) is 12.3 Å². The van der Waals surface area contributed by atoms with Crippen molar-refractivity contribution in [1.82, 2.24) is 14.5 Å². The summed E-state index contributed by atoms with van der Waals surface area (Å²) in [7, 11) is 0. The highest BCUT2D eigenvalue weighted by Crippen LogP contribution is 2.25. The Balaban J connectivity index is 1.39. The van der Waals surface area contributed by atoms with E-state index in [9.17, 15) is 22.8 Å². The molecule has 0 radical (unpaired) electrons. The normalized spacial score (nSPS) is 11.5. The molecule has 0 spiro atoms. The van der Waals surface area contributed by atoms with Gasteiger partial charge in [0.2, 0.25) is 5.91 Å². The van der Waals surface area contributed by atoms with Crippen LogP contribution in [0.3, 0.4) is 0 Å². The van der Waals surface area contributed by atoms with Crippen LogP contribution in [-0.4, -0.2) is 26.8 Å². The smallest absolute Gasteiger partial charge is 0.406 e. The minimum Gasteiger partial charge on any atom is -0.406 e. The third kappa shape index (κ3) is 5.55. The minimum atomic E-state index is -4.74. The van der Waals surface area contributed by atoms with Gasteiger partial charge in [-0.3, -0.25) is 14.2 Å². The number of nitrogens with one attached hydrogen (secondary N) is 1. The number of amides is 1. The second-order valence-corrected chi connectivity index (χ2v) is 8.31. The lowest BCUT2D eigenvalue weighted by atomic mass is 10.1. The summed E-state index contributed by atoms with van der Waals surface area (Å²) < 4.78 is 41.9. The average Bonchev–Trinajstić information content (AvgIpc) is 3.17. The number of ether oxygens (including phenoxy) is 1. The van der Waals surface area contributed by atoms with E-state index >= 15 is 0 Å². The van der Waals surface area contributed by atoms with Gasteiger partial charge < -0.3 is 10.1 Å². The Bertz CT molecular complexity index is 1360. The van der Waals surface area contributed by atoms with Crippen LogP contribution in [0.1, 0.15) is 16.0 Å². The summed E-state index contributed by atoms with van der Waals surface area (Å²) in [4.78, 5) is 34.3. The number of halogens is 3. The number of carbonyl (C=O) groups excluding carboxylic acids is 1. The molecule has 0 unspecified atom stereocenters. The van der Waals surface area contributed by atoms with Crippen LogP contribution in [0.15, 0.2) is 59.8 Å². The highest BCUT2D eigenvalue weighted by molar-refractivity contribution is 7.15. The number of carbonyl (C=O) groups is 1. The molecule has 4 rings (SSSR count). The van der Waals surface area contributed by atoms with E-state index in [1.165, 1.54) is 46.5 Å². The number of hydrogen-bond acceptors (Lipinski definition) is 6. The maximum atomic E-state index is 12.6. The van der Waals surface area contributed by atoms with Gasteiger partial charge in [-0.15, -0.1) is 24.5 Å². The van der Waals surface area contributed by atoms with Crippen LogP contribution >= 0.6 is 11.3 Å². The number of fused-ring (bicyclic) bond motifs is 1. The van der Waals surface area contributed by atoms with Crippen molar-refractivity contribution in [2.24, 2.45) is 0 Å². The highest BCUT2D eigenvalue weighted by Gasteiger charge is 2.30. The van der Waals surface area contributed by atoms with Gasteiger partial charge in [-0.1, -0.05) is 24.3 Å². The van der Waals surface area contributed by atoms with E-state index < -0.39 is 12.3 Å². The van der Waals surface area contributed by atoms with E-state index in [4.69, 9.17) is 0 Å². The Morgan fingerprint density at radius 3 is 2.64 bits per heavy atom. The summed E-state index contributed by atoms with van der Waals surface area (Å²) in [6.45, 7) is 1.64. The Kier molecular flexibility index (Phi) is 6.14. The van der Waals surface area contributed by atoms with E-state index in [0.717, 1.165) is 16.0 Å². The lowest BCUT2D eigenvalue weighted by molar-refractivity contribution is -0.274. The third-order valence-corrected chi connectivity index (χ3v) is 5.62. The van der Waals surface area contributed by atoms with Gasteiger partial charge in [0, 0.05) is 17.5 Å². The Labute approximate surface area is 189 Å². The van der Waals surface area contributed by atoms with Crippen molar-refractivity contribution in [3.05, 3.63) is 81.3 Å². The molecule has 0 fully saturated rings. The van der Waals surface area contributed by atoms with E-state index in [-0.39, 0.29) is 17.9 Å². The van der Waals surface area contributed by atoms with E-state index in [2.05, 4.69) is 20.0 Å². The maximum Gasteiger partial charge on any atom is 0.573 e. The number of aryl methyl sites for hydroxylation is 1.